The van der Waals surface area contributed by atoms with E-state index in [1.165, 1.54) is 16.8 Å². The fraction of sp³-hybridized carbons (Fsp3) is 0.0526. The Balaban J connectivity index is 2.13. The molecule has 3 rings (SSSR count). The van der Waals surface area contributed by atoms with Gasteiger partial charge in [0.15, 0.2) is 0 Å². The number of hydrogen-bond donors (Lipinski definition) is 2. The van der Waals surface area contributed by atoms with E-state index >= 15 is 0 Å². The van der Waals surface area contributed by atoms with Gasteiger partial charge in [-0.15, -0.1) is 0 Å². The van der Waals surface area contributed by atoms with Gasteiger partial charge in [0.1, 0.15) is 23.2 Å². The Hall–Kier alpha value is -3.55. The van der Waals surface area contributed by atoms with Crippen LogP contribution in [-0.4, -0.2) is 26.5 Å². The fourth-order valence-electron chi connectivity index (χ4n) is 2.72. The van der Waals surface area contributed by atoms with Gasteiger partial charge in [-0.25, -0.2) is 18.0 Å². The third kappa shape index (κ3) is 3.69. The largest absolute Gasteiger partial charge is 0.507 e. The maximum absolute atomic E-state index is 13.9. The number of carboxylic acid groups (broad SMARTS) is 1. The van der Waals surface area contributed by atoms with E-state index in [0.29, 0.717) is 11.6 Å². The summed E-state index contributed by atoms with van der Waals surface area (Å²) in [6, 6.07) is 6.55. The third-order valence-electron chi connectivity index (χ3n) is 3.95. The van der Waals surface area contributed by atoms with Crippen LogP contribution in [0.25, 0.3) is 16.7 Å². The van der Waals surface area contributed by atoms with Gasteiger partial charge in [-0.2, -0.15) is 0 Å². The van der Waals surface area contributed by atoms with Gasteiger partial charge in [-0.1, -0.05) is 0 Å². The molecule has 0 saturated carbocycles. The first-order valence-electron chi connectivity index (χ1n) is 7.67. The fourth-order valence-corrected chi connectivity index (χ4v) is 2.72. The van der Waals surface area contributed by atoms with E-state index in [1.807, 2.05) is 0 Å². The summed E-state index contributed by atoms with van der Waals surface area (Å²) >= 11 is 0. The van der Waals surface area contributed by atoms with Crippen LogP contribution in [0.4, 0.5) is 13.2 Å². The number of carboxylic acids is 1. The number of carbonyl (C=O) groups is 2. The molecule has 0 aliphatic carbocycles. The minimum Gasteiger partial charge on any atom is -0.507 e. The van der Waals surface area contributed by atoms with E-state index in [2.05, 4.69) is 0 Å². The van der Waals surface area contributed by atoms with Crippen LogP contribution in [0, 0.1) is 17.5 Å². The average Bonchev–Trinajstić information content (AvgIpc) is 2.95. The molecule has 2 N–H and O–H groups in total. The van der Waals surface area contributed by atoms with Crippen molar-refractivity contribution in [2.75, 3.05) is 0 Å². The van der Waals surface area contributed by atoms with Gasteiger partial charge >= 0.3 is 5.97 Å². The van der Waals surface area contributed by atoms with E-state index in [9.17, 15) is 27.9 Å². The number of benzene rings is 2. The quantitative estimate of drug-likeness (QED) is 0.405. The summed E-state index contributed by atoms with van der Waals surface area (Å²) in [6.07, 6.45) is 1.80. The topological polar surface area (TPSA) is 79.5 Å². The van der Waals surface area contributed by atoms with Crippen LogP contribution in [-0.2, 0) is 16.1 Å². The first kappa shape index (κ1) is 18.2. The number of aliphatic carboxylic acids is 1. The van der Waals surface area contributed by atoms with Crippen LogP contribution in [0.5, 0.6) is 0 Å². The van der Waals surface area contributed by atoms with Crippen LogP contribution >= 0.6 is 0 Å². The van der Waals surface area contributed by atoms with Crippen molar-refractivity contribution in [1.29, 1.82) is 0 Å². The lowest BCUT2D eigenvalue weighted by atomic mass is 10.1. The number of aromatic nitrogens is 1. The Morgan fingerprint density at radius 3 is 2.37 bits per heavy atom. The average molecular weight is 375 g/mol. The van der Waals surface area contributed by atoms with Crippen molar-refractivity contribution in [3.05, 3.63) is 77.2 Å². The van der Waals surface area contributed by atoms with Crippen molar-refractivity contribution in [2.24, 2.45) is 0 Å². The zero-order valence-corrected chi connectivity index (χ0v) is 13.6. The molecule has 0 amide bonds. The van der Waals surface area contributed by atoms with Crippen LogP contribution in [0.15, 0.2) is 48.7 Å². The summed E-state index contributed by atoms with van der Waals surface area (Å²) in [5.74, 6) is -5.72. The van der Waals surface area contributed by atoms with Gasteiger partial charge in [0.2, 0.25) is 0 Å². The molecule has 1 aromatic heterocycles. The lowest BCUT2D eigenvalue weighted by Gasteiger charge is -2.07. The number of nitrogens with zero attached hydrogens (tertiary/aromatic N) is 1. The van der Waals surface area contributed by atoms with Gasteiger partial charge in [-0.05, 0) is 36.4 Å². The summed E-state index contributed by atoms with van der Waals surface area (Å²) in [7, 11) is 0. The monoisotopic (exact) mass is 375 g/mol. The van der Waals surface area contributed by atoms with Gasteiger partial charge in [0, 0.05) is 34.3 Å². The van der Waals surface area contributed by atoms with E-state index in [-0.39, 0.29) is 23.1 Å². The Kier molecular flexibility index (Phi) is 4.72. The van der Waals surface area contributed by atoms with Gasteiger partial charge in [-0.3, -0.25) is 4.79 Å². The first-order valence-corrected chi connectivity index (χ1v) is 7.67. The maximum atomic E-state index is 13.9. The molecule has 0 unspecified atom stereocenters. The number of hydrogen-bond acceptors (Lipinski definition) is 3. The number of aliphatic hydroxyl groups excluding tert-OH is 1. The Morgan fingerprint density at radius 2 is 1.67 bits per heavy atom. The molecule has 138 valence electrons. The summed E-state index contributed by atoms with van der Waals surface area (Å²) in [6.45, 7) is -0.133. The molecule has 5 nitrogen and oxygen atoms in total. The second-order valence-corrected chi connectivity index (χ2v) is 5.77. The highest BCUT2D eigenvalue weighted by Gasteiger charge is 2.17. The van der Waals surface area contributed by atoms with E-state index in [4.69, 9.17) is 5.11 Å². The third-order valence-corrected chi connectivity index (χ3v) is 3.95. The molecule has 2 aromatic carbocycles. The van der Waals surface area contributed by atoms with Gasteiger partial charge in [0.05, 0.1) is 6.54 Å². The summed E-state index contributed by atoms with van der Waals surface area (Å²) in [5, 5.41) is 18.9. The molecule has 8 heteroatoms. The molecular weight excluding hydrogens is 363 g/mol. The van der Waals surface area contributed by atoms with Crippen LogP contribution in [0.3, 0.4) is 0 Å². The first-order chi connectivity index (χ1) is 12.8. The number of ketones is 1. The number of aliphatic hydroxyl groups is 1. The summed E-state index contributed by atoms with van der Waals surface area (Å²) in [4.78, 5) is 22.0. The molecule has 0 atom stereocenters. The van der Waals surface area contributed by atoms with Crippen molar-refractivity contribution < 1.29 is 33.0 Å². The Morgan fingerprint density at radius 1 is 1.00 bits per heavy atom. The lowest BCUT2D eigenvalue weighted by molar-refractivity contribution is -0.146. The SMILES string of the molecule is O=C(O)C(=O)/C=C(\O)c1cn(Cc2cc(F)ccc2F)c2ccc(F)cc12. The van der Waals surface area contributed by atoms with Gasteiger partial charge < -0.3 is 14.8 Å². The smallest absolute Gasteiger partial charge is 0.376 e. The van der Waals surface area contributed by atoms with Crippen molar-refractivity contribution in [3.63, 3.8) is 0 Å². The second kappa shape index (κ2) is 6.99. The summed E-state index contributed by atoms with van der Waals surface area (Å²) < 4.78 is 42.4. The van der Waals surface area contributed by atoms with Crippen molar-refractivity contribution in [2.45, 2.75) is 6.54 Å². The van der Waals surface area contributed by atoms with E-state index in [0.717, 1.165) is 30.3 Å². The molecule has 0 spiro atoms. The number of fused-ring (bicyclic) bond motifs is 1. The maximum Gasteiger partial charge on any atom is 0.376 e. The molecule has 27 heavy (non-hydrogen) atoms. The Labute approximate surface area is 150 Å². The predicted octanol–water partition coefficient (Wildman–Crippen LogP) is 3.66. The van der Waals surface area contributed by atoms with Crippen molar-refractivity contribution in [3.8, 4) is 0 Å². The molecule has 0 fully saturated rings. The second-order valence-electron chi connectivity index (χ2n) is 5.77. The molecular formula is C19H12F3NO4. The normalized spacial score (nSPS) is 11.7. The van der Waals surface area contributed by atoms with E-state index < -0.39 is 35.0 Å². The highest BCUT2D eigenvalue weighted by Crippen LogP contribution is 2.28. The molecule has 1 heterocycles. The molecule has 0 aliphatic rings. The number of rotatable bonds is 5. The van der Waals surface area contributed by atoms with Gasteiger partial charge in [0.25, 0.3) is 5.78 Å². The highest BCUT2D eigenvalue weighted by atomic mass is 19.1. The van der Waals surface area contributed by atoms with Crippen molar-refractivity contribution in [1.82, 2.24) is 4.57 Å². The molecule has 0 bridgehead atoms. The number of halogens is 3. The minimum absolute atomic E-state index is 0.0177. The zero-order chi connectivity index (χ0) is 19.7. The van der Waals surface area contributed by atoms with Crippen LogP contribution < -0.4 is 0 Å². The molecule has 3 aromatic rings. The summed E-state index contributed by atoms with van der Waals surface area (Å²) in [5.41, 5.74) is 0.376. The van der Waals surface area contributed by atoms with Crippen LogP contribution in [0.1, 0.15) is 11.1 Å². The predicted molar refractivity (Wildman–Crippen MR) is 90.6 cm³/mol. The molecule has 0 aliphatic heterocycles. The van der Waals surface area contributed by atoms with Crippen LogP contribution in [0.2, 0.25) is 0 Å². The standard InChI is InChI=1S/C19H12F3NO4/c20-11-1-3-15(22)10(5-11)8-23-9-14(17(24)7-18(25)19(26)27)13-6-12(21)2-4-16(13)23/h1-7,9,24H,8H2,(H,26,27)/b17-7-. The molecule has 0 saturated heterocycles. The highest BCUT2D eigenvalue weighted by molar-refractivity contribution is 6.38. The van der Waals surface area contributed by atoms with E-state index in [1.54, 1.807) is 0 Å². The number of carbonyl (C=O) groups excluding carboxylic acids is 1. The lowest BCUT2D eigenvalue weighted by Crippen LogP contribution is -2.09. The zero-order valence-electron chi connectivity index (χ0n) is 13.6. The Bertz CT molecular complexity index is 1100. The minimum atomic E-state index is -1.77. The van der Waals surface area contributed by atoms with Crippen molar-refractivity contribution >= 4 is 28.4 Å². The molecule has 0 radical (unpaired) electrons.